The average Bonchev–Trinajstić information content (AvgIpc) is 2.71. The third-order valence-electron chi connectivity index (χ3n) is 4.38. The van der Waals surface area contributed by atoms with Crippen LogP contribution >= 0.6 is 11.8 Å². The fraction of sp³-hybridized carbons (Fsp3) is 0.526. The van der Waals surface area contributed by atoms with Crippen LogP contribution in [0.5, 0.6) is 0 Å². The van der Waals surface area contributed by atoms with Gasteiger partial charge in [0.05, 0.1) is 13.2 Å². The molecule has 3 amide bonds. The molecule has 1 heterocycles. The van der Waals surface area contributed by atoms with Crippen molar-refractivity contribution in [1.82, 2.24) is 5.32 Å². The molecule has 0 bridgehead atoms. The lowest BCUT2D eigenvalue weighted by Crippen LogP contribution is -2.46. The molecule has 0 aromatic heterocycles. The number of thioether (sulfide) groups is 1. The lowest BCUT2D eigenvalue weighted by atomic mass is 10.2. The SMILES string of the molecule is CSCC[C@@H](NC(N)=O)C(=O)O[C@@H](C)C(=O)Nc1ccc(N2CCOCC2)cc1. The van der Waals surface area contributed by atoms with Crippen LogP contribution in [0.25, 0.3) is 0 Å². The third-order valence-corrected chi connectivity index (χ3v) is 5.03. The lowest BCUT2D eigenvalue weighted by molar-refractivity contribution is -0.155. The summed E-state index contributed by atoms with van der Waals surface area (Å²) in [5, 5.41) is 5.08. The summed E-state index contributed by atoms with van der Waals surface area (Å²) in [5.74, 6) is -0.515. The second-order valence-corrected chi connectivity index (χ2v) is 7.54. The number of carbonyl (C=O) groups is 3. The number of carbonyl (C=O) groups excluding carboxylic acids is 3. The normalized spacial score (nSPS) is 15.9. The summed E-state index contributed by atoms with van der Waals surface area (Å²) >= 11 is 1.52. The van der Waals surface area contributed by atoms with Crippen molar-refractivity contribution in [2.75, 3.05) is 48.5 Å². The van der Waals surface area contributed by atoms with Gasteiger partial charge in [-0.05, 0) is 49.6 Å². The molecule has 0 radical (unpaired) electrons. The molecule has 29 heavy (non-hydrogen) atoms. The average molecular weight is 425 g/mol. The van der Waals surface area contributed by atoms with E-state index in [2.05, 4.69) is 15.5 Å². The number of primary amides is 1. The van der Waals surface area contributed by atoms with Crippen LogP contribution in [0.15, 0.2) is 24.3 Å². The van der Waals surface area contributed by atoms with Gasteiger partial charge in [-0.3, -0.25) is 4.79 Å². The number of amides is 3. The van der Waals surface area contributed by atoms with Gasteiger partial charge in [0.15, 0.2) is 6.10 Å². The van der Waals surface area contributed by atoms with Crippen LogP contribution in [0.2, 0.25) is 0 Å². The summed E-state index contributed by atoms with van der Waals surface area (Å²) in [6.45, 7) is 4.53. The first-order chi connectivity index (χ1) is 13.9. The van der Waals surface area contributed by atoms with Crippen LogP contribution < -0.4 is 21.3 Å². The van der Waals surface area contributed by atoms with Gasteiger partial charge in [0.25, 0.3) is 5.91 Å². The minimum Gasteiger partial charge on any atom is -0.451 e. The Morgan fingerprint density at radius 3 is 2.48 bits per heavy atom. The summed E-state index contributed by atoms with van der Waals surface area (Å²) in [6.07, 6.45) is 1.22. The van der Waals surface area contributed by atoms with Crippen LogP contribution in [0.3, 0.4) is 0 Å². The largest absolute Gasteiger partial charge is 0.451 e. The number of morpholine rings is 1. The van der Waals surface area contributed by atoms with Crippen molar-refractivity contribution in [3.63, 3.8) is 0 Å². The maximum absolute atomic E-state index is 12.4. The van der Waals surface area contributed by atoms with E-state index in [9.17, 15) is 14.4 Å². The fourth-order valence-electron chi connectivity index (χ4n) is 2.79. The Kier molecular flexibility index (Phi) is 9.07. The highest BCUT2D eigenvalue weighted by Gasteiger charge is 2.25. The number of nitrogens with two attached hydrogens (primary N) is 1. The Morgan fingerprint density at radius 2 is 1.90 bits per heavy atom. The molecule has 160 valence electrons. The van der Waals surface area contributed by atoms with E-state index in [1.54, 1.807) is 12.1 Å². The van der Waals surface area contributed by atoms with E-state index in [1.807, 2.05) is 18.4 Å². The number of nitrogens with zero attached hydrogens (tertiary/aromatic N) is 1. The molecule has 0 aliphatic carbocycles. The summed E-state index contributed by atoms with van der Waals surface area (Å²) in [6, 6.07) is 5.74. The van der Waals surface area contributed by atoms with E-state index in [0.717, 1.165) is 18.8 Å². The Balaban J connectivity index is 1.88. The number of hydrogen-bond donors (Lipinski definition) is 3. The predicted molar refractivity (Wildman–Crippen MR) is 113 cm³/mol. The van der Waals surface area contributed by atoms with Crippen LogP contribution in [0.4, 0.5) is 16.2 Å². The maximum Gasteiger partial charge on any atom is 0.329 e. The molecule has 1 fully saturated rings. The summed E-state index contributed by atoms with van der Waals surface area (Å²) in [5.41, 5.74) is 6.76. The number of rotatable bonds is 9. The molecule has 9 nitrogen and oxygen atoms in total. The van der Waals surface area contributed by atoms with Crippen molar-refractivity contribution in [3.8, 4) is 0 Å². The number of esters is 1. The molecule has 1 aliphatic rings. The molecule has 10 heteroatoms. The minimum atomic E-state index is -1.02. The van der Waals surface area contributed by atoms with Crippen LogP contribution in [0.1, 0.15) is 13.3 Å². The van der Waals surface area contributed by atoms with Crippen LogP contribution in [-0.4, -0.2) is 68.4 Å². The molecule has 2 atom stereocenters. The standard InChI is InChI=1S/C19H28N4O5S/c1-13(28-18(25)16(7-12-29-2)22-19(20)26)17(24)21-14-3-5-15(6-4-14)23-8-10-27-11-9-23/h3-6,13,16H,7-12H2,1-2H3,(H,21,24)(H3,20,22,26)/t13-,16+/m0/s1. The number of anilines is 2. The topological polar surface area (TPSA) is 123 Å². The smallest absolute Gasteiger partial charge is 0.329 e. The first-order valence-corrected chi connectivity index (χ1v) is 10.8. The second-order valence-electron chi connectivity index (χ2n) is 6.56. The van der Waals surface area contributed by atoms with Gasteiger partial charge >= 0.3 is 12.0 Å². The Labute approximate surface area is 174 Å². The first-order valence-electron chi connectivity index (χ1n) is 9.39. The quantitative estimate of drug-likeness (QED) is 0.509. The van der Waals surface area contributed by atoms with E-state index < -0.39 is 30.1 Å². The van der Waals surface area contributed by atoms with Crippen LogP contribution in [-0.2, 0) is 19.1 Å². The molecule has 4 N–H and O–H groups in total. The zero-order chi connectivity index (χ0) is 21.2. The van der Waals surface area contributed by atoms with Gasteiger partial charge in [0.2, 0.25) is 0 Å². The van der Waals surface area contributed by atoms with Crippen molar-refractivity contribution in [3.05, 3.63) is 24.3 Å². The molecule has 1 aromatic rings. The molecule has 1 saturated heterocycles. The maximum atomic E-state index is 12.4. The second kappa shape index (κ2) is 11.5. The highest BCUT2D eigenvalue weighted by Crippen LogP contribution is 2.19. The Hall–Kier alpha value is -2.46. The summed E-state index contributed by atoms with van der Waals surface area (Å²) in [7, 11) is 0. The molecular weight excluding hydrogens is 396 g/mol. The van der Waals surface area contributed by atoms with Crippen molar-refractivity contribution >= 4 is 41.0 Å². The van der Waals surface area contributed by atoms with E-state index in [1.165, 1.54) is 18.7 Å². The van der Waals surface area contributed by atoms with Gasteiger partial charge in [-0.15, -0.1) is 0 Å². The number of benzene rings is 1. The monoisotopic (exact) mass is 424 g/mol. The number of hydrogen-bond acceptors (Lipinski definition) is 7. The third kappa shape index (κ3) is 7.47. The van der Waals surface area contributed by atoms with E-state index >= 15 is 0 Å². The van der Waals surface area contributed by atoms with Gasteiger partial charge in [0.1, 0.15) is 6.04 Å². The van der Waals surface area contributed by atoms with E-state index in [4.69, 9.17) is 15.2 Å². The molecule has 1 aromatic carbocycles. The van der Waals surface area contributed by atoms with Gasteiger partial charge < -0.3 is 30.7 Å². The molecular formula is C19H28N4O5S. The van der Waals surface area contributed by atoms with Crippen molar-refractivity contribution in [1.29, 1.82) is 0 Å². The van der Waals surface area contributed by atoms with Gasteiger partial charge in [-0.1, -0.05) is 0 Å². The number of nitrogens with one attached hydrogen (secondary N) is 2. The molecule has 1 aliphatic heterocycles. The van der Waals surface area contributed by atoms with Crippen molar-refractivity contribution in [2.45, 2.75) is 25.5 Å². The Morgan fingerprint density at radius 1 is 1.24 bits per heavy atom. The van der Waals surface area contributed by atoms with Crippen molar-refractivity contribution in [2.24, 2.45) is 5.73 Å². The van der Waals surface area contributed by atoms with Gasteiger partial charge in [-0.25, -0.2) is 9.59 Å². The minimum absolute atomic E-state index is 0.361. The van der Waals surface area contributed by atoms with Gasteiger partial charge in [-0.2, -0.15) is 11.8 Å². The summed E-state index contributed by atoms with van der Waals surface area (Å²) in [4.78, 5) is 37.9. The van der Waals surface area contributed by atoms with Crippen LogP contribution in [0, 0.1) is 0 Å². The van der Waals surface area contributed by atoms with E-state index in [-0.39, 0.29) is 0 Å². The first kappa shape index (κ1) is 22.8. The molecule has 0 saturated carbocycles. The highest BCUT2D eigenvalue weighted by molar-refractivity contribution is 7.98. The number of urea groups is 1. The van der Waals surface area contributed by atoms with Gasteiger partial charge in [0, 0.05) is 24.5 Å². The van der Waals surface area contributed by atoms with Crippen molar-refractivity contribution < 1.29 is 23.9 Å². The zero-order valence-electron chi connectivity index (χ0n) is 16.7. The number of ether oxygens (including phenoxy) is 2. The highest BCUT2D eigenvalue weighted by atomic mass is 32.2. The molecule has 2 rings (SSSR count). The zero-order valence-corrected chi connectivity index (χ0v) is 17.5. The van der Waals surface area contributed by atoms with E-state index in [0.29, 0.717) is 31.1 Å². The predicted octanol–water partition coefficient (Wildman–Crippen LogP) is 1.18. The molecule has 0 spiro atoms. The lowest BCUT2D eigenvalue weighted by Gasteiger charge is -2.29. The fourth-order valence-corrected chi connectivity index (χ4v) is 3.26. The Bertz CT molecular complexity index is 694. The molecule has 0 unspecified atom stereocenters. The summed E-state index contributed by atoms with van der Waals surface area (Å²) < 4.78 is 10.6.